The van der Waals surface area contributed by atoms with Crippen molar-refractivity contribution in [2.75, 3.05) is 57.1 Å². The number of carbonyl (C=O) groups is 1. The number of nitrogens with one attached hydrogen (secondary N) is 1. The maximum absolute atomic E-state index is 14.3. The van der Waals surface area contributed by atoms with Crippen molar-refractivity contribution in [1.82, 2.24) is 15.2 Å². The number of ether oxygens (including phenoxy) is 1. The Morgan fingerprint density at radius 1 is 1.17 bits per heavy atom. The van der Waals surface area contributed by atoms with Crippen LogP contribution in [0.3, 0.4) is 0 Å². The molecule has 1 aromatic heterocycles. The average Bonchev–Trinajstić information content (AvgIpc) is 2.84. The van der Waals surface area contributed by atoms with Crippen molar-refractivity contribution in [1.29, 1.82) is 0 Å². The molecule has 1 aliphatic heterocycles. The molecular weight excluding hydrogens is 456 g/mol. The molecule has 0 saturated carbocycles. The fourth-order valence-corrected chi connectivity index (χ4v) is 3.89. The Balaban J connectivity index is 1.49. The van der Waals surface area contributed by atoms with Crippen LogP contribution in [-0.2, 0) is 4.74 Å². The van der Waals surface area contributed by atoms with Gasteiger partial charge in [0.1, 0.15) is 23.2 Å². The lowest BCUT2D eigenvalue weighted by Gasteiger charge is -2.26. The summed E-state index contributed by atoms with van der Waals surface area (Å²) in [7, 11) is 1.62. The standard InChI is InChI=1S/C25H27F2N5O3/c1-31(22-6-2-16(26)14-20(22)27)17-3-7-23(33)19(15-17)21-5-4-18(24(28)30-21)25(34)29-8-9-32-10-12-35-13-11-32/h2-7,14-15,33H,8-13H2,1H3,(H2,28,30)(H,29,34). The van der Waals surface area contributed by atoms with Crippen LogP contribution in [0.25, 0.3) is 11.3 Å². The molecule has 0 bridgehead atoms. The van der Waals surface area contributed by atoms with Crippen LogP contribution in [0.15, 0.2) is 48.5 Å². The van der Waals surface area contributed by atoms with Crippen molar-refractivity contribution in [2.45, 2.75) is 0 Å². The summed E-state index contributed by atoms with van der Waals surface area (Å²) in [5.74, 6) is -1.76. The zero-order valence-electron chi connectivity index (χ0n) is 19.3. The van der Waals surface area contributed by atoms with Crippen molar-refractivity contribution in [2.24, 2.45) is 0 Å². The van der Waals surface area contributed by atoms with Crippen LogP contribution in [0.1, 0.15) is 10.4 Å². The number of morpholine rings is 1. The van der Waals surface area contributed by atoms with Crippen LogP contribution in [0.2, 0.25) is 0 Å². The van der Waals surface area contributed by atoms with Crippen molar-refractivity contribution >= 4 is 23.1 Å². The number of nitrogen functional groups attached to an aromatic ring is 1. The van der Waals surface area contributed by atoms with E-state index in [9.17, 15) is 18.7 Å². The maximum Gasteiger partial charge on any atom is 0.255 e. The molecular formula is C25H27F2N5O3. The lowest BCUT2D eigenvalue weighted by atomic mass is 10.1. The number of carbonyl (C=O) groups excluding carboxylic acids is 1. The van der Waals surface area contributed by atoms with Gasteiger partial charge < -0.3 is 25.8 Å². The Labute approximate surface area is 201 Å². The van der Waals surface area contributed by atoms with E-state index in [1.165, 1.54) is 23.1 Å². The Morgan fingerprint density at radius 3 is 2.66 bits per heavy atom. The fourth-order valence-electron chi connectivity index (χ4n) is 3.89. The molecule has 1 fully saturated rings. The summed E-state index contributed by atoms with van der Waals surface area (Å²) in [4.78, 5) is 20.6. The van der Waals surface area contributed by atoms with Crippen LogP contribution < -0.4 is 16.0 Å². The number of rotatable bonds is 7. The van der Waals surface area contributed by atoms with E-state index in [2.05, 4.69) is 15.2 Å². The number of benzene rings is 2. The zero-order valence-corrected chi connectivity index (χ0v) is 19.3. The number of nitrogens with two attached hydrogens (primary N) is 1. The van der Waals surface area contributed by atoms with E-state index in [-0.39, 0.29) is 28.7 Å². The minimum absolute atomic E-state index is 0.0223. The predicted molar refractivity (Wildman–Crippen MR) is 130 cm³/mol. The second kappa shape index (κ2) is 10.7. The number of halogens is 2. The number of aromatic nitrogens is 1. The van der Waals surface area contributed by atoms with Crippen molar-refractivity contribution in [3.63, 3.8) is 0 Å². The molecule has 2 aromatic carbocycles. The first-order chi connectivity index (χ1) is 16.8. The quantitative estimate of drug-likeness (QED) is 0.474. The molecule has 0 radical (unpaired) electrons. The van der Waals surface area contributed by atoms with Crippen LogP contribution in [0.4, 0.5) is 26.0 Å². The van der Waals surface area contributed by atoms with Crippen molar-refractivity contribution in [3.05, 3.63) is 65.7 Å². The van der Waals surface area contributed by atoms with Gasteiger partial charge in [-0.3, -0.25) is 9.69 Å². The summed E-state index contributed by atoms with van der Waals surface area (Å²) in [5, 5.41) is 13.3. The van der Waals surface area contributed by atoms with Gasteiger partial charge in [0.2, 0.25) is 0 Å². The third-order valence-corrected chi connectivity index (χ3v) is 5.90. The van der Waals surface area contributed by atoms with E-state index in [4.69, 9.17) is 10.5 Å². The summed E-state index contributed by atoms with van der Waals surface area (Å²) >= 11 is 0. The van der Waals surface area contributed by atoms with Crippen molar-refractivity contribution in [3.8, 4) is 17.0 Å². The molecule has 8 nitrogen and oxygen atoms in total. The largest absolute Gasteiger partial charge is 0.507 e. The highest BCUT2D eigenvalue weighted by molar-refractivity contribution is 5.98. The highest BCUT2D eigenvalue weighted by Gasteiger charge is 2.17. The Kier molecular flexibility index (Phi) is 7.42. The van der Waals surface area contributed by atoms with E-state index in [0.29, 0.717) is 43.2 Å². The van der Waals surface area contributed by atoms with Gasteiger partial charge in [-0.25, -0.2) is 13.8 Å². The molecule has 184 valence electrons. The number of nitrogens with zero attached hydrogens (tertiary/aromatic N) is 3. The summed E-state index contributed by atoms with van der Waals surface area (Å²) < 4.78 is 32.9. The molecule has 0 aliphatic carbocycles. The number of amides is 1. The smallest absolute Gasteiger partial charge is 0.255 e. The predicted octanol–water partition coefficient (Wildman–Crippen LogP) is 3.14. The highest BCUT2D eigenvalue weighted by atomic mass is 19.1. The summed E-state index contributed by atoms with van der Waals surface area (Å²) in [6, 6.07) is 11.1. The molecule has 4 rings (SSSR count). The Morgan fingerprint density at radius 2 is 1.94 bits per heavy atom. The van der Waals surface area contributed by atoms with Gasteiger partial charge in [-0.1, -0.05) is 0 Å². The number of pyridine rings is 1. The molecule has 1 amide bonds. The van der Waals surface area contributed by atoms with Crippen LogP contribution in [-0.4, -0.2) is 67.3 Å². The number of anilines is 3. The molecule has 1 saturated heterocycles. The topological polar surface area (TPSA) is 104 Å². The monoisotopic (exact) mass is 483 g/mol. The van der Waals surface area contributed by atoms with Crippen LogP contribution >= 0.6 is 0 Å². The summed E-state index contributed by atoms with van der Waals surface area (Å²) in [6.07, 6.45) is 0. The van der Waals surface area contributed by atoms with Gasteiger partial charge in [-0.2, -0.15) is 0 Å². The van der Waals surface area contributed by atoms with E-state index in [1.54, 1.807) is 31.3 Å². The third-order valence-electron chi connectivity index (χ3n) is 5.90. The molecule has 10 heteroatoms. The van der Waals surface area contributed by atoms with Crippen LogP contribution in [0.5, 0.6) is 5.75 Å². The average molecular weight is 484 g/mol. The minimum atomic E-state index is -0.714. The fraction of sp³-hybridized carbons (Fsp3) is 0.280. The number of phenols is 1. The normalized spacial score (nSPS) is 14.0. The Bertz CT molecular complexity index is 1220. The number of phenolic OH excluding ortho intramolecular Hbond substituents is 1. The SMILES string of the molecule is CN(c1ccc(O)c(-c2ccc(C(=O)NCCN3CCOCC3)c(N)n2)c1)c1ccc(F)cc1F. The van der Waals surface area contributed by atoms with Gasteiger partial charge in [-0.15, -0.1) is 0 Å². The third kappa shape index (κ3) is 5.67. The molecule has 2 heterocycles. The molecule has 0 spiro atoms. The second-order valence-electron chi connectivity index (χ2n) is 8.20. The van der Waals surface area contributed by atoms with Gasteiger partial charge >= 0.3 is 0 Å². The van der Waals surface area contributed by atoms with E-state index < -0.39 is 11.6 Å². The van der Waals surface area contributed by atoms with Crippen molar-refractivity contribution < 1.29 is 23.4 Å². The number of hydrogen-bond donors (Lipinski definition) is 3. The maximum atomic E-state index is 14.3. The first kappa shape index (κ1) is 24.4. The molecule has 4 N–H and O–H groups in total. The zero-order chi connectivity index (χ0) is 24.9. The highest BCUT2D eigenvalue weighted by Crippen LogP contribution is 2.35. The molecule has 35 heavy (non-hydrogen) atoms. The molecule has 0 unspecified atom stereocenters. The van der Waals surface area contributed by atoms with Crippen LogP contribution in [0, 0.1) is 11.6 Å². The molecule has 0 atom stereocenters. The van der Waals surface area contributed by atoms with E-state index >= 15 is 0 Å². The lowest BCUT2D eigenvalue weighted by molar-refractivity contribution is 0.0383. The van der Waals surface area contributed by atoms with E-state index in [0.717, 1.165) is 19.2 Å². The van der Waals surface area contributed by atoms with Gasteiger partial charge in [0, 0.05) is 50.5 Å². The first-order valence-electron chi connectivity index (χ1n) is 11.2. The second-order valence-corrected chi connectivity index (χ2v) is 8.20. The Hall–Kier alpha value is -3.76. The van der Waals surface area contributed by atoms with E-state index in [1.807, 2.05) is 0 Å². The van der Waals surface area contributed by atoms with Gasteiger partial charge in [0.05, 0.1) is 30.2 Å². The van der Waals surface area contributed by atoms with Gasteiger partial charge in [-0.05, 0) is 42.5 Å². The van der Waals surface area contributed by atoms with Gasteiger partial charge in [0.25, 0.3) is 5.91 Å². The molecule has 3 aromatic rings. The number of aromatic hydroxyl groups is 1. The summed E-state index contributed by atoms with van der Waals surface area (Å²) in [5.41, 5.74) is 7.70. The lowest BCUT2D eigenvalue weighted by Crippen LogP contribution is -2.41. The first-order valence-corrected chi connectivity index (χ1v) is 11.2. The summed E-state index contributed by atoms with van der Waals surface area (Å²) in [6.45, 7) is 4.22. The van der Waals surface area contributed by atoms with Gasteiger partial charge in [0.15, 0.2) is 0 Å². The minimum Gasteiger partial charge on any atom is -0.507 e. The molecule has 1 aliphatic rings. The number of hydrogen-bond acceptors (Lipinski definition) is 7.